The molecule has 0 atom stereocenters. The number of nitrogens with zero attached hydrogens (tertiary/aromatic N) is 1. The Bertz CT molecular complexity index is 966. The fraction of sp³-hybridized carbons (Fsp3) is 0.125. The zero-order chi connectivity index (χ0) is 21.8. The maximum atomic E-state index is 12.7. The molecule has 0 aromatic heterocycles. The highest BCUT2D eigenvalue weighted by Gasteiger charge is 2.31. The molecule has 0 radical (unpaired) electrons. The Labute approximate surface area is 165 Å². The van der Waals surface area contributed by atoms with Gasteiger partial charge in [-0.1, -0.05) is 11.6 Å². The number of hydrogen-bond acceptors (Lipinski definition) is 7. The number of halogens is 4. The fourth-order valence-electron chi connectivity index (χ4n) is 1.97. The van der Waals surface area contributed by atoms with Crippen LogP contribution in [-0.4, -0.2) is 24.1 Å². The third-order valence-electron chi connectivity index (χ3n) is 3.28. The summed E-state index contributed by atoms with van der Waals surface area (Å²) in [7, 11) is 0.994. The number of carbonyl (C=O) groups excluding carboxylic acids is 2. The van der Waals surface area contributed by atoms with E-state index < -0.39 is 40.0 Å². The van der Waals surface area contributed by atoms with Crippen molar-refractivity contribution in [3.8, 4) is 11.5 Å². The van der Waals surface area contributed by atoms with E-state index in [4.69, 9.17) is 16.3 Å². The summed E-state index contributed by atoms with van der Waals surface area (Å²) in [5.41, 5.74) is -0.688. The van der Waals surface area contributed by atoms with Crippen molar-refractivity contribution >= 4 is 29.4 Å². The highest BCUT2D eigenvalue weighted by atomic mass is 35.5. The topological polar surface area (TPSA) is 117 Å². The second-order valence-electron chi connectivity index (χ2n) is 5.16. The van der Waals surface area contributed by atoms with E-state index in [9.17, 15) is 32.9 Å². The average Bonchev–Trinajstić information content (AvgIpc) is 2.66. The van der Waals surface area contributed by atoms with E-state index in [2.05, 4.69) is 9.57 Å². The van der Waals surface area contributed by atoms with E-state index in [1.54, 1.807) is 5.48 Å². The van der Waals surface area contributed by atoms with Crippen LogP contribution in [-0.2, 0) is 15.8 Å². The van der Waals surface area contributed by atoms with Crippen molar-refractivity contribution in [2.75, 3.05) is 7.11 Å². The smallest absolute Gasteiger partial charge is 0.440 e. The molecule has 0 saturated heterocycles. The molecule has 0 saturated carbocycles. The first kappa shape index (κ1) is 21.8. The van der Waals surface area contributed by atoms with E-state index >= 15 is 0 Å². The van der Waals surface area contributed by atoms with Crippen molar-refractivity contribution in [2.24, 2.45) is 0 Å². The van der Waals surface area contributed by atoms with E-state index in [1.165, 1.54) is 0 Å². The summed E-state index contributed by atoms with van der Waals surface area (Å²) < 4.78 is 47.6. The molecule has 9 nitrogen and oxygen atoms in total. The number of rotatable bonds is 4. The Morgan fingerprint density at radius 3 is 2.41 bits per heavy atom. The molecule has 0 fully saturated rings. The lowest BCUT2D eigenvalue weighted by molar-refractivity contribution is -0.385. The molecule has 0 bridgehead atoms. The van der Waals surface area contributed by atoms with Crippen LogP contribution in [0.25, 0.3) is 0 Å². The SMILES string of the molecule is COC(=O)NOC(=O)c1cc(Oc2ccc(C(F)(F)F)cc2Cl)ccc1[N+](=O)[O-]. The van der Waals surface area contributed by atoms with Crippen LogP contribution in [0.4, 0.5) is 23.7 Å². The van der Waals surface area contributed by atoms with Gasteiger partial charge in [0.1, 0.15) is 17.1 Å². The van der Waals surface area contributed by atoms with Crippen LogP contribution in [0.1, 0.15) is 15.9 Å². The van der Waals surface area contributed by atoms with Gasteiger partial charge in [-0.2, -0.15) is 13.2 Å². The number of nitrogens with one attached hydrogen (secondary N) is 1. The van der Waals surface area contributed by atoms with Crippen molar-refractivity contribution in [1.82, 2.24) is 5.48 Å². The van der Waals surface area contributed by atoms with Crippen LogP contribution in [0.3, 0.4) is 0 Å². The van der Waals surface area contributed by atoms with Gasteiger partial charge in [-0.15, -0.1) is 5.48 Å². The summed E-state index contributed by atoms with van der Waals surface area (Å²) in [6.45, 7) is 0. The van der Waals surface area contributed by atoms with Crippen molar-refractivity contribution in [3.05, 3.63) is 62.7 Å². The Hall–Kier alpha value is -3.54. The van der Waals surface area contributed by atoms with Crippen LogP contribution in [0, 0.1) is 10.1 Å². The Kier molecular flexibility index (Phi) is 6.49. The van der Waals surface area contributed by atoms with Crippen molar-refractivity contribution in [1.29, 1.82) is 0 Å². The van der Waals surface area contributed by atoms with Gasteiger partial charge in [-0.25, -0.2) is 9.59 Å². The van der Waals surface area contributed by atoms with Gasteiger partial charge in [0.15, 0.2) is 0 Å². The summed E-state index contributed by atoms with van der Waals surface area (Å²) in [5, 5.41) is 10.7. The molecular formula is C16H10ClF3N2O7. The largest absolute Gasteiger partial charge is 0.456 e. The average molecular weight is 435 g/mol. The lowest BCUT2D eigenvalue weighted by Gasteiger charge is -2.12. The molecule has 154 valence electrons. The van der Waals surface area contributed by atoms with Gasteiger partial charge < -0.3 is 14.3 Å². The summed E-state index contributed by atoms with van der Waals surface area (Å²) in [5.74, 6) is -1.67. The van der Waals surface area contributed by atoms with Gasteiger partial charge >= 0.3 is 18.2 Å². The molecule has 1 N–H and O–H groups in total. The summed E-state index contributed by atoms with van der Waals surface area (Å²) in [6, 6.07) is 5.20. The van der Waals surface area contributed by atoms with Gasteiger partial charge in [0.25, 0.3) is 5.69 Å². The second kappa shape index (κ2) is 8.65. The lowest BCUT2D eigenvalue weighted by Crippen LogP contribution is -2.27. The molecule has 0 heterocycles. The summed E-state index contributed by atoms with van der Waals surface area (Å²) in [4.78, 5) is 37.5. The third-order valence-corrected chi connectivity index (χ3v) is 3.58. The first-order chi connectivity index (χ1) is 13.5. The lowest BCUT2D eigenvalue weighted by atomic mass is 10.1. The molecule has 2 aromatic rings. The zero-order valence-corrected chi connectivity index (χ0v) is 15.0. The fourth-order valence-corrected chi connectivity index (χ4v) is 2.19. The van der Waals surface area contributed by atoms with Gasteiger partial charge in [0.05, 0.1) is 22.6 Å². The molecule has 13 heteroatoms. The minimum Gasteiger partial charge on any atom is -0.456 e. The summed E-state index contributed by atoms with van der Waals surface area (Å²) in [6.07, 6.45) is -5.75. The van der Waals surface area contributed by atoms with E-state index in [1.807, 2.05) is 0 Å². The molecule has 0 aliphatic rings. The van der Waals surface area contributed by atoms with Crippen LogP contribution in [0.15, 0.2) is 36.4 Å². The van der Waals surface area contributed by atoms with Gasteiger partial charge in [-0.05, 0) is 24.3 Å². The number of hydroxylamine groups is 1. The van der Waals surface area contributed by atoms with E-state index in [0.29, 0.717) is 6.07 Å². The minimum atomic E-state index is -4.61. The maximum Gasteiger partial charge on any atom is 0.440 e. The van der Waals surface area contributed by atoms with Crippen molar-refractivity contribution in [2.45, 2.75) is 6.18 Å². The standard InChI is InChI=1S/C16H10ClF3N2O7/c1-27-15(24)21-29-14(23)10-7-9(3-4-12(10)22(25)26)28-13-5-2-8(6-11(13)17)16(18,19)20/h2-7H,1H3,(H,21,24). The van der Waals surface area contributed by atoms with E-state index in [0.717, 1.165) is 37.4 Å². The number of carbonyl (C=O) groups is 2. The number of amides is 1. The summed E-state index contributed by atoms with van der Waals surface area (Å²) >= 11 is 5.78. The molecule has 0 aliphatic carbocycles. The monoisotopic (exact) mass is 434 g/mol. The maximum absolute atomic E-state index is 12.7. The number of benzene rings is 2. The number of methoxy groups -OCH3 is 1. The normalized spacial score (nSPS) is 10.8. The Balaban J connectivity index is 2.32. The molecule has 0 unspecified atom stereocenters. The molecular weight excluding hydrogens is 425 g/mol. The quantitative estimate of drug-likeness (QED) is 0.556. The van der Waals surface area contributed by atoms with Crippen molar-refractivity contribution in [3.63, 3.8) is 0 Å². The first-order valence-electron chi connectivity index (χ1n) is 7.41. The predicted octanol–water partition coefficient (Wildman–Crippen LogP) is 4.49. The second-order valence-corrected chi connectivity index (χ2v) is 5.57. The number of alkyl halides is 3. The van der Waals surface area contributed by atoms with Gasteiger partial charge in [0.2, 0.25) is 0 Å². The molecule has 1 amide bonds. The number of nitro benzene ring substituents is 1. The van der Waals surface area contributed by atoms with Crippen LogP contribution in [0.2, 0.25) is 5.02 Å². The van der Waals surface area contributed by atoms with E-state index in [-0.39, 0.29) is 16.5 Å². The number of hydrogen-bond donors (Lipinski definition) is 1. The minimum absolute atomic E-state index is 0.165. The molecule has 0 spiro atoms. The van der Waals surface area contributed by atoms with Crippen LogP contribution < -0.4 is 10.2 Å². The molecule has 0 aliphatic heterocycles. The van der Waals surface area contributed by atoms with Crippen LogP contribution >= 0.6 is 11.6 Å². The van der Waals surface area contributed by atoms with Crippen molar-refractivity contribution < 1.29 is 42.0 Å². The highest BCUT2D eigenvalue weighted by Crippen LogP contribution is 2.37. The predicted molar refractivity (Wildman–Crippen MR) is 90.6 cm³/mol. The number of nitro groups is 1. The van der Waals surface area contributed by atoms with Gasteiger partial charge in [0, 0.05) is 12.1 Å². The third kappa shape index (κ3) is 5.48. The molecule has 2 rings (SSSR count). The Morgan fingerprint density at radius 2 is 1.86 bits per heavy atom. The van der Waals surface area contributed by atoms with Gasteiger partial charge in [-0.3, -0.25) is 10.1 Å². The van der Waals surface area contributed by atoms with Crippen LogP contribution in [0.5, 0.6) is 11.5 Å². The number of ether oxygens (including phenoxy) is 2. The Morgan fingerprint density at radius 1 is 1.17 bits per heavy atom. The molecule has 2 aromatic carbocycles. The molecule has 29 heavy (non-hydrogen) atoms. The highest BCUT2D eigenvalue weighted by molar-refractivity contribution is 6.32. The first-order valence-corrected chi connectivity index (χ1v) is 7.79. The zero-order valence-electron chi connectivity index (χ0n) is 14.3.